The predicted molar refractivity (Wildman–Crippen MR) is 180 cm³/mol. The van der Waals surface area contributed by atoms with Crippen molar-refractivity contribution < 1.29 is 43.5 Å². The van der Waals surface area contributed by atoms with Crippen LogP contribution in [0.5, 0.6) is 0 Å². The Balaban J connectivity index is 1.56. The maximum absolute atomic E-state index is 12.8. The molecule has 7 atom stereocenters. The van der Waals surface area contributed by atoms with E-state index in [4.69, 9.17) is 58.5 Å². The lowest BCUT2D eigenvalue weighted by Crippen LogP contribution is -2.70. The highest BCUT2D eigenvalue weighted by Crippen LogP contribution is 2.28. The molecular formula is C34H39Cl3N2O9. The number of rotatable bonds is 16. The number of carboxylic acid groups (broad SMARTS) is 1. The second-order valence-corrected chi connectivity index (χ2v) is 13.7. The zero-order chi connectivity index (χ0) is 34.5. The van der Waals surface area contributed by atoms with E-state index in [2.05, 4.69) is 10.6 Å². The molecule has 1 saturated heterocycles. The average molecular weight is 726 g/mol. The number of ether oxygens (including phenoxy) is 5. The summed E-state index contributed by atoms with van der Waals surface area (Å²) >= 11 is 17.3. The van der Waals surface area contributed by atoms with Gasteiger partial charge in [-0.05, 0) is 23.6 Å². The van der Waals surface area contributed by atoms with Crippen LogP contribution in [-0.4, -0.2) is 82.0 Å². The topological polar surface area (TPSA) is 145 Å². The van der Waals surface area contributed by atoms with Crippen LogP contribution in [0.4, 0.5) is 4.79 Å². The predicted octanol–water partition coefficient (Wildman–Crippen LogP) is 4.99. The molecule has 14 heteroatoms. The number of aliphatic hydroxyl groups is 1. The third-order valence-electron chi connectivity index (χ3n) is 7.48. The van der Waals surface area contributed by atoms with E-state index in [9.17, 15) is 19.8 Å². The van der Waals surface area contributed by atoms with Gasteiger partial charge in [-0.15, -0.1) is 0 Å². The van der Waals surface area contributed by atoms with Crippen LogP contribution in [0.2, 0.25) is 0 Å². The highest BCUT2D eigenvalue weighted by molar-refractivity contribution is 6.67. The van der Waals surface area contributed by atoms with Crippen LogP contribution in [0.1, 0.15) is 23.6 Å². The number of aliphatic carboxylic acids is 1. The fraction of sp³-hybridized carbons (Fsp3) is 0.412. The zero-order valence-corrected chi connectivity index (χ0v) is 28.4. The molecule has 1 amide bonds. The van der Waals surface area contributed by atoms with Crippen LogP contribution in [0.25, 0.3) is 0 Å². The molecule has 1 aliphatic heterocycles. The van der Waals surface area contributed by atoms with Crippen molar-refractivity contribution in [3.63, 3.8) is 0 Å². The Bertz CT molecular complexity index is 1400. The molecule has 11 nitrogen and oxygen atoms in total. The van der Waals surface area contributed by atoms with Crippen molar-refractivity contribution in [1.29, 1.82) is 0 Å². The maximum atomic E-state index is 12.8. The van der Waals surface area contributed by atoms with Gasteiger partial charge in [0.05, 0.1) is 32.5 Å². The fourth-order valence-corrected chi connectivity index (χ4v) is 5.20. The van der Waals surface area contributed by atoms with Gasteiger partial charge in [-0.2, -0.15) is 0 Å². The molecule has 0 saturated carbocycles. The maximum Gasteiger partial charge on any atom is 0.407 e. The number of aliphatic hydroxyl groups excluding tert-OH is 1. The average Bonchev–Trinajstić information content (AvgIpc) is 3.07. The fourth-order valence-electron chi connectivity index (χ4n) is 5.04. The third-order valence-corrected chi connectivity index (χ3v) is 7.81. The molecule has 1 aliphatic rings. The lowest BCUT2D eigenvalue weighted by molar-refractivity contribution is -0.227. The molecule has 0 unspecified atom stereocenters. The Kier molecular flexibility index (Phi) is 14.7. The van der Waals surface area contributed by atoms with Gasteiger partial charge in [-0.3, -0.25) is 10.1 Å². The molecule has 260 valence electrons. The number of alkyl carbamates (subject to hydrolysis) is 1. The van der Waals surface area contributed by atoms with E-state index in [1.54, 1.807) is 6.92 Å². The molecule has 4 N–H and O–H groups in total. The quantitative estimate of drug-likeness (QED) is 0.149. The number of halogens is 3. The van der Waals surface area contributed by atoms with Gasteiger partial charge >= 0.3 is 12.1 Å². The van der Waals surface area contributed by atoms with E-state index in [1.165, 1.54) is 0 Å². The molecule has 4 rings (SSSR count). The number of carboxylic acids is 1. The number of nitrogens with one attached hydrogen (secondary N) is 2. The molecule has 1 heterocycles. The minimum Gasteiger partial charge on any atom is -0.480 e. The summed E-state index contributed by atoms with van der Waals surface area (Å²) in [5, 5.41) is 27.4. The summed E-state index contributed by atoms with van der Waals surface area (Å²) in [6, 6.07) is 25.4. The van der Waals surface area contributed by atoms with Crippen molar-refractivity contribution in [2.24, 2.45) is 0 Å². The van der Waals surface area contributed by atoms with Gasteiger partial charge in [0.25, 0.3) is 0 Å². The largest absolute Gasteiger partial charge is 0.480 e. The lowest BCUT2D eigenvalue weighted by atomic mass is 9.95. The van der Waals surface area contributed by atoms with E-state index in [-0.39, 0.29) is 26.4 Å². The summed E-state index contributed by atoms with van der Waals surface area (Å²) in [5.41, 5.74) is 2.59. The van der Waals surface area contributed by atoms with Gasteiger partial charge in [0.15, 0.2) is 0 Å². The van der Waals surface area contributed by atoms with Crippen LogP contribution >= 0.6 is 34.8 Å². The molecule has 0 bridgehead atoms. The van der Waals surface area contributed by atoms with Gasteiger partial charge in [0, 0.05) is 0 Å². The molecular weight excluding hydrogens is 687 g/mol. The highest BCUT2D eigenvalue weighted by Gasteiger charge is 2.48. The number of benzene rings is 3. The lowest BCUT2D eigenvalue weighted by Gasteiger charge is -2.45. The van der Waals surface area contributed by atoms with Crippen LogP contribution < -0.4 is 10.6 Å². The Morgan fingerprint density at radius 2 is 1.42 bits per heavy atom. The van der Waals surface area contributed by atoms with Crippen molar-refractivity contribution in [2.45, 2.75) is 73.3 Å². The third kappa shape index (κ3) is 12.2. The van der Waals surface area contributed by atoms with Gasteiger partial charge in [-0.25, -0.2) is 4.79 Å². The van der Waals surface area contributed by atoms with E-state index in [0.29, 0.717) is 0 Å². The van der Waals surface area contributed by atoms with Crippen LogP contribution in [0, 0.1) is 0 Å². The number of carbonyl (C=O) groups is 2. The summed E-state index contributed by atoms with van der Waals surface area (Å²) in [4.78, 5) is 25.4. The molecule has 0 aliphatic carbocycles. The molecule has 0 radical (unpaired) electrons. The SMILES string of the molecule is C[C@@H](OCc1ccccc1)[C@H](N[C@H]1O[C@H](COCc2ccccc2)[C@H](OCc2ccccc2)[C@H](O)[C@H]1NC(=O)OCC(Cl)(Cl)Cl)C(=O)O. The van der Waals surface area contributed by atoms with Crippen molar-refractivity contribution in [3.8, 4) is 0 Å². The van der Waals surface area contributed by atoms with Crippen LogP contribution in [-0.2, 0) is 48.3 Å². The highest BCUT2D eigenvalue weighted by atomic mass is 35.6. The zero-order valence-electron chi connectivity index (χ0n) is 26.1. The Morgan fingerprint density at radius 3 is 1.96 bits per heavy atom. The number of hydrogen-bond acceptors (Lipinski definition) is 9. The monoisotopic (exact) mass is 724 g/mol. The molecule has 48 heavy (non-hydrogen) atoms. The first-order valence-corrected chi connectivity index (χ1v) is 16.4. The Morgan fingerprint density at radius 1 is 0.875 bits per heavy atom. The van der Waals surface area contributed by atoms with Gasteiger partial charge in [-0.1, -0.05) is 126 Å². The summed E-state index contributed by atoms with van der Waals surface area (Å²) < 4.78 is 27.6. The number of carbonyl (C=O) groups excluding carboxylic acids is 1. The molecule has 0 spiro atoms. The normalized spacial score (nSPS) is 22.4. The minimum atomic E-state index is -1.89. The first-order chi connectivity index (χ1) is 23.0. The summed E-state index contributed by atoms with van der Waals surface area (Å²) in [5.74, 6) is -1.24. The van der Waals surface area contributed by atoms with Gasteiger partial charge in [0.1, 0.15) is 43.2 Å². The summed E-state index contributed by atoms with van der Waals surface area (Å²) in [7, 11) is 0. The van der Waals surface area contributed by atoms with Crippen molar-refractivity contribution in [1.82, 2.24) is 10.6 Å². The standard InChI is InChI=1S/C34H39Cl3N2O9/c1-22(45-18-24-13-7-3-8-14-24)27(32(41)42)38-31-28(39-33(43)47-21-34(35,36)37)29(40)30(46-19-25-15-9-4-10-16-25)26(48-31)20-44-17-23-11-5-2-6-12-23/h2-16,22,26-31,38,40H,17-21H2,1H3,(H,39,43)(H,41,42)/t22-,26-,27+,28-,29-,30+,31+/m1/s1. The molecule has 0 aromatic heterocycles. The first kappa shape index (κ1) is 37.8. The van der Waals surface area contributed by atoms with E-state index >= 15 is 0 Å². The second kappa shape index (κ2) is 18.7. The van der Waals surface area contributed by atoms with Gasteiger partial charge < -0.3 is 39.2 Å². The summed E-state index contributed by atoms with van der Waals surface area (Å²) in [6.45, 7) is 1.47. The Labute approximate surface area is 294 Å². The number of amides is 1. The van der Waals surface area contributed by atoms with Crippen molar-refractivity contribution in [3.05, 3.63) is 108 Å². The van der Waals surface area contributed by atoms with E-state index < -0.39 is 65.2 Å². The minimum absolute atomic E-state index is 0.0359. The van der Waals surface area contributed by atoms with E-state index in [0.717, 1.165) is 16.7 Å². The van der Waals surface area contributed by atoms with Crippen molar-refractivity contribution >= 4 is 46.9 Å². The molecule has 3 aromatic rings. The number of hydrogen-bond donors (Lipinski definition) is 4. The van der Waals surface area contributed by atoms with Crippen LogP contribution in [0.15, 0.2) is 91.0 Å². The number of alkyl halides is 3. The first-order valence-electron chi connectivity index (χ1n) is 15.3. The van der Waals surface area contributed by atoms with Gasteiger partial charge in [0.2, 0.25) is 3.79 Å². The van der Waals surface area contributed by atoms with Crippen molar-refractivity contribution in [2.75, 3.05) is 13.2 Å². The summed E-state index contributed by atoms with van der Waals surface area (Å²) in [6.07, 6.45) is -6.59. The molecule has 3 aromatic carbocycles. The second-order valence-electron chi connectivity index (χ2n) is 11.2. The van der Waals surface area contributed by atoms with Crippen LogP contribution in [0.3, 0.4) is 0 Å². The van der Waals surface area contributed by atoms with E-state index in [1.807, 2.05) is 91.0 Å². The molecule has 1 fully saturated rings. The Hall–Kier alpha value is -2.97. The smallest absolute Gasteiger partial charge is 0.407 e.